The second-order valence-electron chi connectivity index (χ2n) is 7.15. The van der Waals surface area contributed by atoms with Gasteiger partial charge in [-0.15, -0.1) is 0 Å². The molecule has 4 rings (SSSR count). The van der Waals surface area contributed by atoms with Crippen LogP contribution >= 0.6 is 0 Å². The normalized spacial score (nSPS) is 23.0. The molecule has 0 bridgehead atoms. The van der Waals surface area contributed by atoms with E-state index in [0.29, 0.717) is 12.1 Å². The van der Waals surface area contributed by atoms with Gasteiger partial charge in [-0.1, -0.05) is 30.3 Å². The number of nitrogens with zero attached hydrogens (tertiary/aromatic N) is 3. The molecule has 0 amide bonds. The number of hydrogen-bond donors (Lipinski definition) is 0. The fourth-order valence-electron chi connectivity index (χ4n) is 4.46. The average molecular weight is 309 g/mol. The predicted molar refractivity (Wildman–Crippen MR) is 93.7 cm³/mol. The van der Waals surface area contributed by atoms with Gasteiger partial charge in [0.05, 0.1) is 5.69 Å². The van der Waals surface area contributed by atoms with E-state index >= 15 is 0 Å². The molecule has 1 aliphatic carbocycles. The van der Waals surface area contributed by atoms with Gasteiger partial charge < -0.3 is 4.57 Å². The van der Waals surface area contributed by atoms with Gasteiger partial charge >= 0.3 is 0 Å². The van der Waals surface area contributed by atoms with Gasteiger partial charge in [-0.25, -0.2) is 4.98 Å². The standard InChI is InChI=1S/C20H27N3/c1-15(17-8-4-3-5-9-17)22-13-12-18(14-22)23-16(2)21-19-10-6-7-11-20(19)23/h3-5,8-9,15,18H,6-7,10-14H2,1-2H3. The third kappa shape index (κ3) is 2.72. The summed E-state index contributed by atoms with van der Waals surface area (Å²) in [5, 5.41) is 0. The maximum atomic E-state index is 4.87. The van der Waals surface area contributed by atoms with Crippen LogP contribution in [0.3, 0.4) is 0 Å². The largest absolute Gasteiger partial charge is 0.328 e. The molecule has 0 spiro atoms. The molecule has 1 aliphatic heterocycles. The zero-order valence-corrected chi connectivity index (χ0v) is 14.3. The van der Waals surface area contributed by atoms with Crippen LogP contribution in [-0.4, -0.2) is 27.5 Å². The fraction of sp³-hybridized carbons (Fsp3) is 0.550. The van der Waals surface area contributed by atoms with Gasteiger partial charge in [0.2, 0.25) is 0 Å². The van der Waals surface area contributed by atoms with Gasteiger partial charge in [0.1, 0.15) is 5.82 Å². The van der Waals surface area contributed by atoms with Gasteiger partial charge in [0.15, 0.2) is 0 Å². The fourth-order valence-corrected chi connectivity index (χ4v) is 4.46. The molecule has 1 fully saturated rings. The summed E-state index contributed by atoms with van der Waals surface area (Å²) in [6.07, 6.45) is 6.29. The van der Waals surface area contributed by atoms with E-state index in [0.717, 1.165) is 6.54 Å². The maximum Gasteiger partial charge on any atom is 0.106 e. The van der Waals surface area contributed by atoms with Gasteiger partial charge in [-0.05, 0) is 51.5 Å². The summed E-state index contributed by atoms with van der Waals surface area (Å²) in [6, 6.07) is 12.0. The van der Waals surface area contributed by atoms with Crippen molar-refractivity contribution in [3.8, 4) is 0 Å². The Morgan fingerprint density at radius 1 is 1.13 bits per heavy atom. The summed E-state index contributed by atoms with van der Waals surface area (Å²) in [5.41, 5.74) is 4.34. The third-order valence-corrected chi connectivity index (χ3v) is 5.74. The Morgan fingerprint density at radius 3 is 2.74 bits per heavy atom. The summed E-state index contributed by atoms with van der Waals surface area (Å²) in [4.78, 5) is 7.50. The predicted octanol–water partition coefficient (Wildman–Crippen LogP) is 4.08. The van der Waals surface area contributed by atoms with Crippen LogP contribution < -0.4 is 0 Å². The van der Waals surface area contributed by atoms with Crippen molar-refractivity contribution in [1.82, 2.24) is 14.5 Å². The first-order valence-electron chi connectivity index (χ1n) is 9.09. The first kappa shape index (κ1) is 14.9. The minimum atomic E-state index is 0.501. The van der Waals surface area contributed by atoms with Crippen LogP contribution in [0.4, 0.5) is 0 Å². The van der Waals surface area contributed by atoms with Crippen LogP contribution in [0.2, 0.25) is 0 Å². The van der Waals surface area contributed by atoms with Gasteiger partial charge in [0, 0.05) is 30.9 Å². The molecule has 3 nitrogen and oxygen atoms in total. The highest BCUT2D eigenvalue weighted by Gasteiger charge is 2.31. The van der Waals surface area contributed by atoms with E-state index in [-0.39, 0.29) is 0 Å². The van der Waals surface area contributed by atoms with Crippen molar-refractivity contribution in [2.75, 3.05) is 13.1 Å². The summed E-state index contributed by atoms with van der Waals surface area (Å²) >= 11 is 0. The van der Waals surface area contributed by atoms with E-state index in [1.807, 2.05) is 0 Å². The SMILES string of the molecule is Cc1nc2c(n1C1CCN(C(C)c3ccccc3)C1)CCCC2. The van der Waals surface area contributed by atoms with Gasteiger partial charge in [-0.3, -0.25) is 4.90 Å². The Kier molecular flexibility index (Phi) is 3.98. The number of rotatable bonds is 3. The Labute approximate surface area is 139 Å². The summed E-state index contributed by atoms with van der Waals surface area (Å²) in [5.74, 6) is 1.23. The minimum absolute atomic E-state index is 0.501. The van der Waals surface area contributed by atoms with E-state index in [1.54, 1.807) is 0 Å². The van der Waals surface area contributed by atoms with Crippen molar-refractivity contribution < 1.29 is 0 Å². The monoisotopic (exact) mass is 309 g/mol. The van der Waals surface area contributed by atoms with Crippen LogP contribution in [0.25, 0.3) is 0 Å². The molecule has 23 heavy (non-hydrogen) atoms. The lowest BCUT2D eigenvalue weighted by molar-refractivity contribution is 0.251. The molecule has 3 heteroatoms. The van der Waals surface area contributed by atoms with Crippen LogP contribution in [-0.2, 0) is 12.8 Å². The average Bonchev–Trinajstić information content (AvgIpc) is 3.18. The highest BCUT2D eigenvalue weighted by atomic mass is 15.2. The molecule has 0 radical (unpaired) electrons. The van der Waals surface area contributed by atoms with Crippen LogP contribution in [0, 0.1) is 6.92 Å². The van der Waals surface area contributed by atoms with Crippen LogP contribution in [0.5, 0.6) is 0 Å². The molecule has 1 saturated heterocycles. The Balaban J connectivity index is 1.54. The highest BCUT2D eigenvalue weighted by Crippen LogP contribution is 2.33. The topological polar surface area (TPSA) is 21.1 Å². The number of fused-ring (bicyclic) bond motifs is 1. The van der Waals surface area contributed by atoms with Crippen molar-refractivity contribution in [3.05, 3.63) is 53.1 Å². The molecule has 0 N–H and O–H groups in total. The second kappa shape index (κ2) is 6.12. The lowest BCUT2D eigenvalue weighted by Gasteiger charge is -2.26. The molecule has 2 unspecified atom stereocenters. The molecule has 2 heterocycles. The Morgan fingerprint density at radius 2 is 1.91 bits per heavy atom. The van der Waals surface area contributed by atoms with E-state index in [1.165, 1.54) is 61.4 Å². The number of aryl methyl sites for hydroxylation is 2. The smallest absolute Gasteiger partial charge is 0.106 e. The van der Waals surface area contributed by atoms with E-state index in [2.05, 4.69) is 53.6 Å². The first-order valence-corrected chi connectivity index (χ1v) is 9.09. The van der Waals surface area contributed by atoms with Crippen LogP contribution in [0.1, 0.15) is 61.0 Å². The van der Waals surface area contributed by atoms with Crippen molar-refractivity contribution >= 4 is 0 Å². The Bertz CT molecular complexity index is 674. The number of aromatic nitrogens is 2. The molecule has 0 saturated carbocycles. The lowest BCUT2D eigenvalue weighted by Crippen LogP contribution is -2.26. The maximum absolute atomic E-state index is 4.87. The third-order valence-electron chi connectivity index (χ3n) is 5.74. The summed E-state index contributed by atoms with van der Waals surface area (Å²) < 4.78 is 2.58. The zero-order chi connectivity index (χ0) is 15.8. The molecule has 1 aromatic heterocycles. The molecular formula is C20H27N3. The summed E-state index contributed by atoms with van der Waals surface area (Å²) in [6.45, 7) is 6.88. The van der Waals surface area contributed by atoms with E-state index < -0.39 is 0 Å². The van der Waals surface area contributed by atoms with Crippen molar-refractivity contribution in [3.63, 3.8) is 0 Å². The highest BCUT2D eigenvalue weighted by molar-refractivity contribution is 5.22. The van der Waals surface area contributed by atoms with Crippen molar-refractivity contribution in [2.24, 2.45) is 0 Å². The number of imidazole rings is 1. The molecule has 2 aliphatic rings. The van der Waals surface area contributed by atoms with E-state index in [4.69, 9.17) is 4.98 Å². The molecule has 122 valence electrons. The van der Waals surface area contributed by atoms with Crippen molar-refractivity contribution in [1.29, 1.82) is 0 Å². The second-order valence-corrected chi connectivity index (χ2v) is 7.15. The quantitative estimate of drug-likeness (QED) is 0.852. The first-order chi connectivity index (χ1) is 11.2. The van der Waals surface area contributed by atoms with Gasteiger partial charge in [0.25, 0.3) is 0 Å². The van der Waals surface area contributed by atoms with Crippen LogP contribution in [0.15, 0.2) is 30.3 Å². The minimum Gasteiger partial charge on any atom is -0.328 e. The number of likely N-dealkylation sites (tertiary alicyclic amines) is 1. The molecule has 2 aromatic rings. The molecular weight excluding hydrogens is 282 g/mol. The molecule has 1 aromatic carbocycles. The Hall–Kier alpha value is -1.61. The van der Waals surface area contributed by atoms with Gasteiger partial charge in [-0.2, -0.15) is 0 Å². The lowest BCUT2D eigenvalue weighted by atomic mass is 10.0. The number of benzene rings is 1. The zero-order valence-electron chi connectivity index (χ0n) is 14.3. The number of hydrogen-bond acceptors (Lipinski definition) is 2. The summed E-state index contributed by atoms with van der Waals surface area (Å²) in [7, 11) is 0. The van der Waals surface area contributed by atoms with Crippen molar-refractivity contribution in [2.45, 2.75) is 58.0 Å². The molecule has 2 atom stereocenters. The van der Waals surface area contributed by atoms with E-state index in [9.17, 15) is 0 Å².